The van der Waals surface area contributed by atoms with Crippen molar-refractivity contribution in [2.45, 2.75) is 6.54 Å². The second-order valence-corrected chi connectivity index (χ2v) is 5.07. The number of ether oxygens (including phenoxy) is 1. The monoisotopic (exact) mass is 317 g/mol. The normalized spacial score (nSPS) is 12.0. The Kier molecular flexibility index (Phi) is 2.67. The van der Waals surface area contributed by atoms with Gasteiger partial charge in [-0.15, -0.1) is 0 Å². The van der Waals surface area contributed by atoms with E-state index in [0.717, 1.165) is 11.3 Å². The Balaban J connectivity index is 2.00. The molecule has 0 fully saturated rings. The van der Waals surface area contributed by atoms with Crippen molar-refractivity contribution in [3.05, 3.63) is 41.6 Å². The van der Waals surface area contributed by atoms with Crippen LogP contribution in [0.25, 0.3) is 17.1 Å². The van der Waals surface area contributed by atoms with Gasteiger partial charge in [-0.3, -0.25) is 4.57 Å². The van der Waals surface area contributed by atoms with Crippen molar-refractivity contribution in [2.24, 2.45) is 0 Å². The topological polar surface area (TPSA) is 95.1 Å². The highest BCUT2D eigenvalue weighted by Crippen LogP contribution is 2.34. The predicted molar refractivity (Wildman–Crippen MR) is 75.3 cm³/mol. The molecule has 2 aromatic heterocycles. The number of carboxylic acid groups (broad SMARTS) is 1. The largest absolute Gasteiger partial charge is 0.512 e. The zero-order valence-corrected chi connectivity index (χ0v) is 11.7. The number of benzene rings is 1. The second-order valence-electron chi connectivity index (χ2n) is 4.64. The molecule has 0 saturated heterocycles. The van der Waals surface area contributed by atoms with Crippen LogP contribution in [0.4, 0.5) is 4.79 Å². The lowest BCUT2D eigenvalue weighted by Gasteiger charge is -2.08. The molecule has 0 aliphatic carbocycles. The van der Waals surface area contributed by atoms with Crippen LogP contribution in [0.2, 0.25) is 5.02 Å². The number of fused-ring (bicyclic) bond motifs is 5. The van der Waals surface area contributed by atoms with Gasteiger partial charge in [0.15, 0.2) is 5.82 Å². The Morgan fingerprint density at radius 2 is 2.23 bits per heavy atom. The molecule has 3 heterocycles. The van der Waals surface area contributed by atoms with E-state index >= 15 is 0 Å². The minimum atomic E-state index is -1.42. The lowest BCUT2D eigenvalue weighted by molar-refractivity contribution is 0.142. The van der Waals surface area contributed by atoms with E-state index in [1.807, 2.05) is 6.07 Å². The molecule has 9 heteroatoms. The summed E-state index contributed by atoms with van der Waals surface area (Å²) in [4.78, 5) is 19.1. The van der Waals surface area contributed by atoms with E-state index in [1.165, 1.54) is 12.7 Å². The minimum absolute atomic E-state index is 0.0248. The molecule has 0 bridgehead atoms. The summed E-state index contributed by atoms with van der Waals surface area (Å²) in [5.41, 5.74) is 2.12. The number of aromatic nitrogens is 5. The van der Waals surface area contributed by atoms with Crippen molar-refractivity contribution in [1.29, 1.82) is 0 Å². The number of hydrogen-bond acceptors (Lipinski definition) is 5. The first kappa shape index (κ1) is 12.8. The van der Waals surface area contributed by atoms with E-state index in [2.05, 4.69) is 15.1 Å². The molecule has 1 aliphatic rings. The molecule has 0 unspecified atom stereocenters. The summed E-state index contributed by atoms with van der Waals surface area (Å²) >= 11 is 6.08. The third kappa shape index (κ3) is 1.85. The van der Waals surface area contributed by atoms with Gasteiger partial charge in [-0.1, -0.05) is 11.6 Å². The maximum Gasteiger partial charge on any atom is 0.512 e. The van der Waals surface area contributed by atoms with Crippen LogP contribution in [0, 0.1) is 0 Å². The van der Waals surface area contributed by atoms with E-state index in [1.54, 1.807) is 21.4 Å². The smallest absolute Gasteiger partial charge is 0.449 e. The third-order valence-electron chi connectivity index (χ3n) is 3.39. The molecule has 3 aromatic rings. The number of carbonyl (C=O) groups is 1. The highest BCUT2D eigenvalue weighted by Gasteiger charge is 2.25. The quantitative estimate of drug-likeness (QED) is 0.541. The summed E-state index contributed by atoms with van der Waals surface area (Å²) < 4.78 is 8.13. The molecule has 0 amide bonds. The van der Waals surface area contributed by atoms with Gasteiger partial charge in [0, 0.05) is 10.6 Å². The van der Waals surface area contributed by atoms with E-state index in [9.17, 15) is 4.79 Å². The molecule has 1 aliphatic heterocycles. The number of rotatable bonds is 1. The zero-order chi connectivity index (χ0) is 15.3. The fourth-order valence-corrected chi connectivity index (χ4v) is 2.68. The summed E-state index contributed by atoms with van der Waals surface area (Å²) in [5.74, 6) is 0.666. The maximum absolute atomic E-state index is 10.8. The molecular formula is C13H8ClN5O3. The first-order valence-corrected chi connectivity index (χ1v) is 6.66. The Bertz CT molecular complexity index is 901. The van der Waals surface area contributed by atoms with E-state index < -0.39 is 6.16 Å². The molecule has 0 radical (unpaired) electrons. The van der Waals surface area contributed by atoms with Gasteiger partial charge in [0.2, 0.25) is 5.88 Å². The average Bonchev–Trinajstić information content (AvgIpc) is 3.05. The minimum Gasteiger partial charge on any atom is -0.449 e. The van der Waals surface area contributed by atoms with Crippen molar-refractivity contribution in [2.75, 3.05) is 0 Å². The van der Waals surface area contributed by atoms with Crippen LogP contribution < -0.4 is 4.74 Å². The highest BCUT2D eigenvalue weighted by molar-refractivity contribution is 6.31. The standard InChI is InChI=1S/C13H8ClN5O3/c14-7-1-2-9-8(3-7)11-15-5-17-19(11)4-10-12(22-13(20)21)16-6-18(9)10/h1-3,5-6H,4H2,(H,20,21). The summed E-state index contributed by atoms with van der Waals surface area (Å²) in [6, 6.07) is 5.34. The van der Waals surface area contributed by atoms with Crippen molar-refractivity contribution < 1.29 is 14.6 Å². The van der Waals surface area contributed by atoms with E-state index in [0.29, 0.717) is 16.5 Å². The van der Waals surface area contributed by atoms with Crippen LogP contribution in [0.3, 0.4) is 0 Å². The molecule has 22 heavy (non-hydrogen) atoms. The third-order valence-corrected chi connectivity index (χ3v) is 3.62. The fraction of sp³-hybridized carbons (Fsp3) is 0.0769. The van der Waals surface area contributed by atoms with Crippen LogP contribution in [0.1, 0.15) is 5.69 Å². The number of imidazole rings is 1. The van der Waals surface area contributed by atoms with Crippen molar-refractivity contribution in [3.8, 4) is 23.0 Å². The van der Waals surface area contributed by atoms with Crippen LogP contribution in [0.15, 0.2) is 30.9 Å². The SMILES string of the molecule is O=C(O)Oc1ncn2c1Cn1ncnc1-c1cc(Cl)ccc1-2. The summed E-state index contributed by atoms with van der Waals surface area (Å²) in [5, 5.41) is 13.6. The summed E-state index contributed by atoms with van der Waals surface area (Å²) in [7, 11) is 0. The van der Waals surface area contributed by atoms with Crippen LogP contribution in [-0.4, -0.2) is 35.6 Å². The van der Waals surface area contributed by atoms with Crippen LogP contribution >= 0.6 is 11.6 Å². The first-order valence-electron chi connectivity index (χ1n) is 6.28. The molecule has 4 rings (SSSR count). The van der Waals surface area contributed by atoms with Gasteiger partial charge in [0.05, 0.1) is 12.2 Å². The fourth-order valence-electron chi connectivity index (χ4n) is 2.50. The van der Waals surface area contributed by atoms with Gasteiger partial charge in [-0.25, -0.2) is 19.4 Å². The van der Waals surface area contributed by atoms with Gasteiger partial charge in [-0.2, -0.15) is 5.10 Å². The Hall–Kier alpha value is -2.87. The zero-order valence-electron chi connectivity index (χ0n) is 11.0. The van der Waals surface area contributed by atoms with E-state index in [4.69, 9.17) is 21.4 Å². The predicted octanol–water partition coefficient (Wildman–Crippen LogP) is 2.20. The summed E-state index contributed by atoms with van der Waals surface area (Å²) in [6.45, 7) is 0.282. The Morgan fingerprint density at radius 3 is 3.05 bits per heavy atom. The Labute approximate surface area is 128 Å². The van der Waals surface area contributed by atoms with Gasteiger partial charge < -0.3 is 9.84 Å². The molecule has 0 spiro atoms. The van der Waals surface area contributed by atoms with Crippen molar-refractivity contribution in [1.82, 2.24) is 24.3 Å². The van der Waals surface area contributed by atoms with Gasteiger partial charge >= 0.3 is 6.16 Å². The number of halogens is 1. The van der Waals surface area contributed by atoms with Gasteiger partial charge in [-0.05, 0) is 18.2 Å². The molecule has 0 saturated carbocycles. The Morgan fingerprint density at radius 1 is 1.36 bits per heavy atom. The first-order chi connectivity index (χ1) is 10.6. The maximum atomic E-state index is 10.8. The highest BCUT2D eigenvalue weighted by atomic mass is 35.5. The number of nitrogens with zero attached hydrogens (tertiary/aromatic N) is 5. The lowest BCUT2D eigenvalue weighted by Crippen LogP contribution is -2.09. The van der Waals surface area contributed by atoms with Crippen molar-refractivity contribution in [3.63, 3.8) is 0 Å². The van der Waals surface area contributed by atoms with Crippen LogP contribution in [-0.2, 0) is 6.54 Å². The molecule has 0 atom stereocenters. The molecule has 1 N–H and O–H groups in total. The lowest BCUT2D eigenvalue weighted by atomic mass is 10.1. The molecule has 8 nitrogen and oxygen atoms in total. The van der Waals surface area contributed by atoms with E-state index in [-0.39, 0.29) is 12.4 Å². The van der Waals surface area contributed by atoms with Gasteiger partial charge in [0.1, 0.15) is 18.3 Å². The number of hydrogen-bond donors (Lipinski definition) is 1. The van der Waals surface area contributed by atoms with Crippen LogP contribution in [0.5, 0.6) is 5.88 Å². The molecule has 110 valence electrons. The second kappa shape index (κ2) is 4.57. The average molecular weight is 318 g/mol. The summed E-state index contributed by atoms with van der Waals surface area (Å²) in [6.07, 6.45) is 1.53. The molecule has 1 aromatic carbocycles. The molecular weight excluding hydrogens is 310 g/mol. The van der Waals surface area contributed by atoms with Crippen molar-refractivity contribution >= 4 is 17.8 Å². The van der Waals surface area contributed by atoms with Gasteiger partial charge in [0.25, 0.3) is 0 Å².